The fourth-order valence-electron chi connectivity index (χ4n) is 2.79. The van der Waals surface area contributed by atoms with Crippen molar-refractivity contribution in [2.24, 2.45) is 0 Å². The van der Waals surface area contributed by atoms with E-state index in [1.807, 2.05) is 6.07 Å². The Morgan fingerprint density at radius 1 is 0.913 bits per heavy atom. The lowest BCUT2D eigenvalue weighted by Gasteiger charge is -2.20. The van der Waals surface area contributed by atoms with Gasteiger partial charge in [0.25, 0.3) is 0 Å². The molecule has 2 nitrogen and oxygen atoms in total. The molecule has 0 aromatic heterocycles. The second kappa shape index (κ2) is 9.31. The summed E-state index contributed by atoms with van der Waals surface area (Å²) in [5, 5.41) is 9.20. The van der Waals surface area contributed by atoms with Gasteiger partial charge in [0.1, 0.15) is 0 Å². The minimum absolute atomic E-state index is 0.273. The van der Waals surface area contributed by atoms with Gasteiger partial charge in [0, 0.05) is 0 Å². The van der Waals surface area contributed by atoms with Crippen LogP contribution in [0.2, 0.25) is 0 Å². The van der Waals surface area contributed by atoms with E-state index in [1.54, 1.807) is 6.07 Å². The molecule has 0 bridgehead atoms. The largest absolute Gasteiger partial charge is 0.505 e. The third-order valence-electron chi connectivity index (χ3n) is 4.18. The highest BCUT2D eigenvalue weighted by Gasteiger charge is 2.05. The molecule has 2 rings (SSSR count). The highest BCUT2D eigenvalue weighted by molar-refractivity contribution is 5.28. The van der Waals surface area contributed by atoms with Gasteiger partial charge in [0.05, 0.1) is 0 Å². The molecule has 0 aliphatic carbocycles. The van der Waals surface area contributed by atoms with E-state index in [2.05, 4.69) is 36.1 Å². The lowest BCUT2D eigenvalue weighted by molar-refractivity contribution is 0.281. The van der Waals surface area contributed by atoms with Gasteiger partial charge in [-0.25, -0.2) is 4.39 Å². The van der Waals surface area contributed by atoms with Gasteiger partial charge in [-0.1, -0.05) is 43.3 Å². The number of benzene rings is 2. The predicted molar refractivity (Wildman–Crippen MR) is 93.3 cm³/mol. The van der Waals surface area contributed by atoms with Crippen molar-refractivity contribution in [1.29, 1.82) is 0 Å². The van der Waals surface area contributed by atoms with Crippen LogP contribution in [0.1, 0.15) is 30.9 Å². The highest BCUT2D eigenvalue weighted by atomic mass is 19.1. The van der Waals surface area contributed by atoms with E-state index in [4.69, 9.17) is 0 Å². The lowest BCUT2D eigenvalue weighted by Crippen LogP contribution is -2.26. The van der Waals surface area contributed by atoms with Crippen molar-refractivity contribution in [3.63, 3.8) is 0 Å². The van der Waals surface area contributed by atoms with Crippen LogP contribution < -0.4 is 0 Å². The van der Waals surface area contributed by atoms with Crippen molar-refractivity contribution in [3.8, 4) is 5.75 Å². The summed E-state index contributed by atoms with van der Waals surface area (Å²) in [7, 11) is 0. The quantitative estimate of drug-likeness (QED) is 0.740. The summed E-state index contributed by atoms with van der Waals surface area (Å²) in [5.74, 6) is -0.803. The fourth-order valence-corrected chi connectivity index (χ4v) is 2.79. The SMILES string of the molecule is CCN(CCCc1ccccc1)CCCc1ccc(O)c(F)c1. The molecule has 0 saturated carbocycles. The van der Waals surface area contributed by atoms with Gasteiger partial charge in [0.2, 0.25) is 0 Å². The van der Waals surface area contributed by atoms with Crippen molar-refractivity contribution in [3.05, 3.63) is 65.5 Å². The summed E-state index contributed by atoms with van der Waals surface area (Å²) in [6.45, 7) is 5.34. The van der Waals surface area contributed by atoms with Crippen LogP contribution in [0.5, 0.6) is 5.75 Å². The van der Waals surface area contributed by atoms with E-state index in [1.165, 1.54) is 17.7 Å². The number of rotatable bonds is 9. The first-order valence-electron chi connectivity index (χ1n) is 8.42. The zero-order valence-corrected chi connectivity index (χ0v) is 13.8. The zero-order valence-electron chi connectivity index (χ0n) is 13.8. The first-order chi connectivity index (χ1) is 11.2. The summed E-state index contributed by atoms with van der Waals surface area (Å²) in [4.78, 5) is 2.44. The molecule has 0 saturated heterocycles. The smallest absolute Gasteiger partial charge is 0.165 e. The highest BCUT2D eigenvalue weighted by Crippen LogP contribution is 2.17. The van der Waals surface area contributed by atoms with Crippen molar-refractivity contribution >= 4 is 0 Å². The number of aromatic hydroxyl groups is 1. The van der Waals surface area contributed by atoms with E-state index in [9.17, 15) is 9.50 Å². The summed E-state index contributed by atoms with van der Waals surface area (Å²) >= 11 is 0. The van der Waals surface area contributed by atoms with Crippen LogP contribution in [-0.4, -0.2) is 29.6 Å². The number of nitrogens with zero attached hydrogens (tertiary/aromatic N) is 1. The summed E-state index contributed by atoms with van der Waals surface area (Å²) in [6, 6.07) is 15.2. The average molecular weight is 315 g/mol. The van der Waals surface area contributed by atoms with Crippen LogP contribution in [0, 0.1) is 5.82 Å². The number of halogens is 1. The maximum Gasteiger partial charge on any atom is 0.165 e. The minimum atomic E-state index is -0.530. The molecule has 2 aromatic rings. The Kier molecular flexibility index (Phi) is 7.08. The van der Waals surface area contributed by atoms with Gasteiger partial charge in [-0.15, -0.1) is 0 Å². The molecule has 0 fully saturated rings. The number of hydrogen-bond acceptors (Lipinski definition) is 2. The molecule has 2 aromatic carbocycles. The van der Waals surface area contributed by atoms with Gasteiger partial charge < -0.3 is 10.0 Å². The molecule has 3 heteroatoms. The third-order valence-corrected chi connectivity index (χ3v) is 4.18. The molecule has 0 radical (unpaired) electrons. The maximum absolute atomic E-state index is 13.3. The zero-order chi connectivity index (χ0) is 16.5. The second-order valence-corrected chi connectivity index (χ2v) is 5.91. The molecule has 0 aliphatic rings. The second-order valence-electron chi connectivity index (χ2n) is 5.91. The molecule has 1 N–H and O–H groups in total. The molecule has 0 spiro atoms. The minimum Gasteiger partial charge on any atom is -0.505 e. The van der Waals surface area contributed by atoms with Gasteiger partial charge in [-0.3, -0.25) is 0 Å². The van der Waals surface area contributed by atoms with Crippen LogP contribution in [0.3, 0.4) is 0 Å². The molecular formula is C20H26FNO. The van der Waals surface area contributed by atoms with Crippen LogP contribution >= 0.6 is 0 Å². The Hall–Kier alpha value is -1.87. The number of hydrogen-bond donors (Lipinski definition) is 1. The Balaban J connectivity index is 1.69. The molecule has 124 valence electrons. The Bertz CT molecular complexity index is 585. The van der Waals surface area contributed by atoms with Gasteiger partial charge >= 0.3 is 0 Å². The molecule has 0 aliphatic heterocycles. The maximum atomic E-state index is 13.3. The Morgan fingerprint density at radius 3 is 2.17 bits per heavy atom. The summed E-state index contributed by atoms with van der Waals surface area (Å²) < 4.78 is 13.3. The Labute approximate surface area is 138 Å². The standard InChI is InChI=1S/C20H26FNO/c1-2-22(14-6-10-17-8-4-3-5-9-17)15-7-11-18-12-13-20(23)19(21)16-18/h3-5,8-9,12-13,16,23H,2,6-7,10-11,14-15H2,1H3. The lowest BCUT2D eigenvalue weighted by atomic mass is 10.1. The molecule has 23 heavy (non-hydrogen) atoms. The van der Waals surface area contributed by atoms with E-state index in [0.717, 1.165) is 50.9 Å². The monoisotopic (exact) mass is 315 g/mol. The van der Waals surface area contributed by atoms with E-state index in [0.29, 0.717) is 0 Å². The average Bonchev–Trinajstić information content (AvgIpc) is 2.57. The summed E-state index contributed by atoms with van der Waals surface area (Å²) in [5.41, 5.74) is 2.34. The fraction of sp³-hybridized carbons (Fsp3) is 0.400. The van der Waals surface area contributed by atoms with Crippen LogP contribution in [0.15, 0.2) is 48.5 Å². The molecule has 0 atom stereocenters. The van der Waals surface area contributed by atoms with E-state index < -0.39 is 5.82 Å². The van der Waals surface area contributed by atoms with Crippen molar-refractivity contribution in [1.82, 2.24) is 4.90 Å². The molecule has 0 amide bonds. The number of aryl methyl sites for hydroxylation is 2. The van der Waals surface area contributed by atoms with E-state index >= 15 is 0 Å². The van der Waals surface area contributed by atoms with Crippen molar-refractivity contribution in [2.45, 2.75) is 32.6 Å². The van der Waals surface area contributed by atoms with Crippen LogP contribution in [-0.2, 0) is 12.8 Å². The summed E-state index contributed by atoms with van der Waals surface area (Å²) in [6.07, 6.45) is 4.11. The van der Waals surface area contributed by atoms with Crippen LogP contribution in [0.4, 0.5) is 4.39 Å². The molecule has 0 heterocycles. The van der Waals surface area contributed by atoms with E-state index in [-0.39, 0.29) is 5.75 Å². The van der Waals surface area contributed by atoms with Crippen LogP contribution in [0.25, 0.3) is 0 Å². The predicted octanol–water partition coefficient (Wildman–Crippen LogP) is 4.42. The van der Waals surface area contributed by atoms with Crippen molar-refractivity contribution in [2.75, 3.05) is 19.6 Å². The first-order valence-corrected chi connectivity index (χ1v) is 8.42. The first kappa shape index (κ1) is 17.5. The number of phenolic OH excluding ortho intramolecular Hbond substituents is 1. The number of phenols is 1. The van der Waals surface area contributed by atoms with Gasteiger partial charge in [-0.05, 0) is 68.6 Å². The van der Waals surface area contributed by atoms with Gasteiger partial charge in [0.15, 0.2) is 11.6 Å². The third kappa shape index (κ3) is 6.03. The van der Waals surface area contributed by atoms with Crippen molar-refractivity contribution < 1.29 is 9.50 Å². The topological polar surface area (TPSA) is 23.5 Å². The molecule has 0 unspecified atom stereocenters. The van der Waals surface area contributed by atoms with Gasteiger partial charge in [-0.2, -0.15) is 0 Å². The normalized spacial score (nSPS) is 11.1. The molecular weight excluding hydrogens is 289 g/mol. The Morgan fingerprint density at radius 2 is 1.57 bits per heavy atom.